The van der Waals surface area contributed by atoms with Crippen LogP contribution < -0.4 is 49.7 Å². The Morgan fingerprint density at radius 1 is 0.342 bits per heavy atom. The molecule has 0 aliphatic rings. The molecule has 0 saturated heterocycles. The third kappa shape index (κ3) is 24.5. The number of hydrogen-bond acceptors (Lipinski definition) is 12. The molecule has 0 aromatic heterocycles. The molecule has 0 bridgehead atoms. The molecule has 0 aliphatic carbocycles. The van der Waals surface area contributed by atoms with Crippen molar-refractivity contribution in [3.63, 3.8) is 0 Å². The molecule has 0 unspecified atom stereocenters. The number of ether oxygens (including phenoxy) is 2. The fraction of sp³-hybridized carbons (Fsp3) is 0.0769. The average Bonchev–Trinajstić information content (AvgIpc) is 3.37. The molecule has 76 heavy (non-hydrogen) atoms. The molecule has 0 radical (unpaired) electrons. The van der Waals surface area contributed by atoms with E-state index in [0.29, 0.717) is 0 Å². The Kier molecular flexibility index (Phi) is 26.2. The van der Waals surface area contributed by atoms with E-state index in [0.717, 1.165) is 23.8 Å². The summed E-state index contributed by atoms with van der Waals surface area (Å²) < 4.78 is 150. The predicted octanol–water partition coefficient (Wildman–Crippen LogP) is 7.61. The summed E-state index contributed by atoms with van der Waals surface area (Å²) in [6.07, 6.45) is 1.96. The van der Waals surface area contributed by atoms with E-state index in [1.165, 1.54) is 43.0 Å². The van der Waals surface area contributed by atoms with Gasteiger partial charge in [-0.25, -0.2) is 0 Å². The van der Waals surface area contributed by atoms with Gasteiger partial charge in [0.15, 0.2) is 0 Å². The van der Waals surface area contributed by atoms with E-state index in [1.54, 1.807) is 14.2 Å². The number of rotatable bonds is 12. The van der Waals surface area contributed by atoms with Gasteiger partial charge in [0, 0.05) is 0 Å². The van der Waals surface area contributed by atoms with E-state index in [2.05, 4.69) is 231 Å². The maximum absolute atomic E-state index is 10.3. The summed E-state index contributed by atoms with van der Waals surface area (Å²) >= 11 is -23.0. The minimum absolute atomic E-state index is 0.895. The van der Waals surface area contributed by atoms with Gasteiger partial charge in [0.05, 0.1) is 26.5 Å². The Bertz CT molecular complexity index is 2890. The van der Waals surface area contributed by atoms with E-state index in [1.807, 2.05) is 0 Å². The molecule has 0 atom stereocenters. The first kappa shape index (κ1) is 64.5. The number of methoxy groups -OCH3 is 2. The summed E-state index contributed by atoms with van der Waals surface area (Å²) in [4.78, 5) is 0. The van der Waals surface area contributed by atoms with E-state index in [9.17, 15) is 14.2 Å². The molecule has 8 aromatic carbocycles. The van der Waals surface area contributed by atoms with Gasteiger partial charge in [0.2, 0.25) is 0 Å². The fourth-order valence-electron chi connectivity index (χ4n) is 7.55. The summed E-state index contributed by atoms with van der Waals surface area (Å²) in [6, 6.07) is 83.0. The second kappa shape index (κ2) is 30.9. The van der Waals surface area contributed by atoms with Crippen LogP contribution >= 0.6 is 14.5 Å². The van der Waals surface area contributed by atoms with E-state index in [-0.39, 0.29) is 0 Å². The summed E-state index contributed by atoms with van der Waals surface area (Å²) in [7, 11) is -0.254. The third-order valence-corrected chi connectivity index (χ3v) is 19.1. The number of benzene rings is 8. The van der Waals surface area contributed by atoms with E-state index in [4.69, 9.17) is 56.9 Å². The first-order valence-electron chi connectivity index (χ1n) is 21.5. The van der Waals surface area contributed by atoms with Crippen molar-refractivity contribution < 1.29 is 125 Å². The SMILES string of the molecule is COc1ccc(C[P+](c2ccccc2)(c2ccccc2)c2ccccc2)cc1.COc1ccc(C[P+](c2ccccc2)(c2ccccc2)c2ccccc2)cc1.[O]=[Mn](=[O])([O-])[F].[O]=[Mn](=[O])([O-])[F].[O]=[Mn](=[O])([OH])[F].[O]=[Mn](=[O])([OH])[F]. The van der Waals surface area contributed by atoms with Gasteiger partial charge in [-0.15, -0.1) is 0 Å². The summed E-state index contributed by atoms with van der Waals surface area (Å²) in [5, 5.41) is 8.43. The Morgan fingerprint density at radius 3 is 0.618 bits per heavy atom. The number of halogens is 4. The van der Waals surface area contributed by atoms with Gasteiger partial charge in [0.25, 0.3) is 0 Å². The molecule has 2 N–H and O–H groups in total. The molecule has 0 spiro atoms. The van der Waals surface area contributed by atoms with Crippen LogP contribution in [0.1, 0.15) is 11.1 Å². The Labute approximate surface area is 448 Å². The van der Waals surface area contributed by atoms with Gasteiger partial charge in [-0.1, -0.05) is 133 Å². The molecule has 14 nitrogen and oxygen atoms in total. The van der Waals surface area contributed by atoms with Crippen LogP contribution in [0.4, 0.5) is 14.2 Å². The average molecular weight is 1260 g/mol. The van der Waals surface area contributed by atoms with Crippen molar-refractivity contribution in [2.45, 2.75) is 12.3 Å². The van der Waals surface area contributed by atoms with Crippen LogP contribution in [0.25, 0.3) is 0 Å². The maximum atomic E-state index is 10.3. The molecule has 8 rings (SSSR count). The van der Waals surface area contributed by atoms with Crippen molar-refractivity contribution in [1.82, 2.24) is 0 Å². The van der Waals surface area contributed by atoms with Gasteiger partial charge in [-0.05, 0) is 108 Å². The van der Waals surface area contributed by atoms with Crippen LogP contribution in [0.3, 0.4) is 0 Å². The monoisotopic (exact) mass is 1260 g/mol. The zero-order valence-corrected chi connectivity index (χ0v) is 46.6. The Hall–Kier alpha value is -5.74. The van der Waals surface area contributed by atoms with Gasteiger partial charge in [-0.2, -0.15) is 0 Å². The topological polar surface area (TPSA) is 242 Å². The normalized spacial score (nSPS) is 11.3. The van der Waals surface area contributed by atoms with Crippen molar-refractivity contribution in [3.8, 4) is 11.5 Å². The predicted molar refractivity (Wildman–Crippen MR) is 258 cm³/mol. The quantitative estimate of drug-likeness (QED) is 0.0680. The zero-order chi connectivity index (χ0) is 56.5. The first-order chi connectivity index (χ1) is 35.7. The fourth-order valence-corrected chi connectivity index (χ4v) is 16.0. The number of hydrogen-bond donors (Lipinski definition) is 2. The van der Waals surface area contributed by atoms with Gasteiger partial charge >= 0.3 is 116 Å². The van der Waals surface area contributed by atoms with Crippen LogP contribution in [0.15, 0.2) is 231 Å². The van der Waals surface area contributed by atoms with Gasteiger partial charge < -0.3 is 9.47 Å². The molecule has 8 aromatic rings. The summed E-state index contributed by atoms with van der Waals surface area (Å²) in [5.41, 5.74) is 2.65. The Balaban J connectivity index is 0.000000296. The van der Waals surface area contributed by atoms with Gasteiger partial charge in [-0.3, -0.25) is 0 Å². The molecule has 0 amide bonds. The zero-order valence-electron chi connectivity index (χ0n) is 40.1. The van der Waals surface area contributed by atoms with E-state index < -0.39 is 68.5 Å². The standard InChI is InChI=1S/2C26H24OP.4FH.4Mn.2H2O.10O/c2*1-27-23-19-17-22(18-20-23)21-28(24-11-5-2-6-12-24,25-13-7-3-8-14-25)26-15-9-4-10-16-26;;;;;;;;;;;;;;;;;;;;/h2*2-20H,21H2,1H3;4*1H;;;;;2*1H2;;;;;;;;;;/q2*+1;;;;;2*+1;2*+2;;;;;;;;;;;2*-1/p-6. The van der Waals surface area contributed by atoms with Crippen molar-refractivity contribution in [3.05, 3.63) is 242 Å². The second-order valence-corrected chi connectivity index (χ2v) is 26.8. The van der Waals surface area contributed by atoms with Crippen LogP contribution in [0.2, 0.25) is 0 Å². The van der Waals surface area contributed by atoms with Crippen LogP contribution in [0.5, 0.6) is 11.5 Å². The summed E-state index contributed by atoms with van der Waals surface area (Å²) in [6.45, 7) is 0. The molecule has 24 heteroatoms. The van der Waals surface area contributed by atoms with Crippen molar-refractivity contribution in [2.75, 3.05) is 14.2 Å². The molecule has 0 heterocycles. The van der Waals surface area contributed by atoms with Crippen LogP contribution in [0, 0.1) is 0 Å². The van der Waals surface area contributed by atoms with Crippen molar-refractivity contribution >= 4 is 46.4 Å². The van der Waals surface area contributed by atoms with E-state index >= 15 is 0 Å². The van der Waals surface area contributed by atoms with Crippen molar-refractivity contribution in [2.24, 2.45) is 0 Å². The molecule has 0 saturated carbocycles. The summed E-state index contributed by atoms with van der Waals surface area (Å²) in [5.74, 6) is 1.79. The van der Waals surface area contributed by atoms with Crippen LogP contribution in [-0.4, -0.2) is 22.6 Å². The minimum atomic E-state index is -5.88. The van der Waals surface area contributed by atoms with Crippen molar-refractivity contribution in [1.29, 1.82) is 0 Å². The molecular formula is C52H50F4Mn4O14P2. The third-order valence-electron chi connectivity index (χ3n) is 10.3. The Morgan fingerprint density at radius 2 is 0.487 bits per heavy atom. The molecule has 0 aliphatic heterocycles. The molecular weight excluding hydrogens is 1210 g/mol. The van der Waals surface area contributed by atoms with Gasteiger partial charge in [0.1, 0.15) is 57.9 Å². The first-order valence-corrected chi connectivity index (χ1v) is 33.1. The van der Waals surface area contributed by atoms with Crippen LogP contribution in [-0.2, 0) is 97.0 Å². The molecule has 408 valence electrons. The second-order valence-electron chi connectivity index (χ2n) is 15.1. The molecule has 0 fully saturated rings.